The number of carbonyl (C=O) groups is 1. The van der Waals surface area contributed by atoms with Gasteiger partial charge in [0.05, 0.1) is 0 Å². The highest BCUT2D eigenvalue weighted by atomic mass is 19.1. The van der Waals surface area contributed by atoms with Crippen molar-refractivity contribution in [3.8, 4) is 0 Å². The number of hydrogen-bond acceptors (Lipinski definition) is 2. The van der Waals surface area contributed by atoms with Crippen LogP contribution in [0.3, 0.4) is 0 Å². The highest BCUT2D eigenvalue weighted by Crippen LogP contribution is 2.36. The lowest BCUT2D eigenvalue weighted by Crippen LogP contribution is -2.41. The van der Waals surface area contributed by atoms with Crippen molar-refractivity contribution in [1.29, 1.82) is 0 Å². The van der Waals surface area contributed by atoms with Crippen molar-refractivity contribution in [2.75, 3.05) is 13.1 Å². The molecule has 3 rings (SSSR count). The fourth-order valence-electron chi connectivity index (χ4n) is 3.67. The zero-order valence-electron chi connectivity index (χ0n) is 15.5. The van der Waals surface area contributed by atoms with Crippen LogP contribution in [0.1, 0.15) is 57.7 Å². The Balaban J connectivity index is 1.77. The van der Waals surface area contributed by atoms with Gasteiger partial charge in [0.1, 0.15) is 11.4 Å². The van der Waals surface area contributed by atoms with E-state index in [2.05, 4.69) is 11.9 Å². The number of hydrogen-bond donors (Lipinski definition) is 1. The molecule has 0 spiro atoms. The summed E-state index contributed by atoms with van der Waals surface area (Å²) in [5, 5.41) is 1.11. The van der Waals surface area contributed by atoms with Gasteiger partial charge in [0.2, 0.25) is 0 Å². The number of rotatable bonds is 2. The second-order valence-electron chi connectivity index (χ2n) is 7.80. The van der Waals surface area contributed by atoms with Gasteiger partial charge in [0, 0.05) is 29.7 Å². The second kappa shape index (κ2) is 6.70. The quantitative estimate of drug-likeness (QED) is 0.833. The number of aromatic nitrogens is 1. The summed E-state index contributed by atoms with van der Waals surface area (Å²) in [6, 6.07) is 4.96. The molecule has 0 bridgehead atoms. The molecule has 1 aliphatic rings. The SMILES string of the molecule is CCc1[nH]c2cc(F)ccc2c1C1CCN(C(=O)OC(C)(C)C)CC1. The first kappa shape index (κ1) is 17.8. The maximum absolute atomic E-state index is 13.5. The third kappa shape index (κ3) is 3.80. The molecule has 0 radical (unpaired) electrons. The summed E-state index contributed by atoms with van der Waals surface area (Å²) in [5.74, 6) is 0.163. The van der Waals surface area contributed by atoms with Gasteiger partial charge in [0.15, 0.2) is 0 Å². The molecule has 2 heterocycles. The minimum atomic E-state index is -0.468. The number of nitrogens with one attached hydrogen (secondary N) is 1. The third-order valence-corrected chi connectivity index (χ3v) is 4.79. The molecule has 1 amide bonds. The standard InChI is InChI=1S/C20H27FN2O2/c1-5-16-18(15-7-6-14(21)12-17(15)22-16)13-8-10-23(11-9-13)19(24)25-20(2,3)4/h6-7,12-13,22H,5,8-11H2,1-4H3. The van der Waals surface area contributed by atoms with Gasteiger partial charge < -0.3 is 14.6 Å². The normalized spacial score (nSPS) is 16.4. The van der Waals surface area contributed by atoms with Gasteiger partial charge in [-0.3, -0.25) is 0 Å². The number of nitrogens with zero attached hydrogens (tertiary/aromatic N) is 1. The molecule has 1 aliphatic heterocycles. The fourth-order valence-corrected chi connectivity index (χ4v) is 3.67. The predicted octanol–water partition coefficient (Wildman–Crippen LogP) is 4.98. The van der Waals surface area contributed by atoms with Crippen LogP contribution >= 0.6 is 0 Å². The van der Waals surface area contributed by atoms with Crippen molar-refractivity contribution in [2.45, 2.75) is 58.5 Å². The number of fused-ring (bicyclic) bond motifs is 1. The number of likely N-dealkylation sites (tertiary alicyclic amines) is 1. The van der Waals surface area contributed by atoms with Crippen LogP contribution in [0, 0.1) is 5.82 Å². The molecule has 5 heteroatoms. The van der Waals surface area contributed by atoms with Crippen molar-refractivity contribution >= 4 is 17.0 Å². The largest absolute Gasteiger partial charge is 0.444 e. The summed E-state index contributed by atoms with van der Waals surface area (Å²) in [4.78, 5) is 17.4. The van der Waals surface area contributed by atoms with E-state index < -0.39 is 5.60 Å². The van der Waals surface area contributed by atoms with Crippen molar-refractivity contribution in [1.82, 2.24) is 9.88 Å². The number of amides is 1. The molecule has 0 unspecified atom stereocenters. The number of piperidine rings is 1. The summed E-state index contributed by atoms with van der Waals surface area (Å²) in [6.07, 6.45) is 2.45. The highest BCUT2D eigenvalue weighted by molar-refractivity contribution is 5.85. The minimum absolute atomic E-state index is 0.220. The van der Waals surface area contributed by atoms with E-state index in [9.17, 15) is 9.18 Å². The lowest BCUT2D eigenvalue weighted by molar-refractivity contribution is 0.0205. The number of aryl methyl sites for hydroxylation is 1. The molecule has 1 aromatic carbocycles. The zero-order valence-corrected chi connectivity index (χ0v) is 15.5. The zero-order chi connectivity index (χ0) is 18.2. The van der Waals surface area contributed by atoms with Crippen LogP contribution in [0.2, 0.25) is 0 Å². The van der Waals surface area contributed by atoms with Gasteiger partial charge in [-0.05, 0) is 69.7 Å². The van der Waals surface area contributed by atoms with E-state index in [0.29, 0.717) is 19.0 Å². The molecular weight excluding hydrogens is 319 g/mol. The monoisotopic (exact) mass is 346 g/mol. The molecule has 136 valence electrons. The van der Waals surface area contributed by atoms with Crippen LogP contribution in [0.15, 0.2) is 18.2 Å². The van der Waals surface area contributed by atoms with Crippen LogP contribution < -0.4 is 0 Å². The first-order chi connectivity index (χ1) is 11.8. The molecule has 25 heavy (non-hydrogen) atoms. The van der Waals surface area contributed by atoms with E-state index in [1.54, 1.807) is 11.0 Å². The van der Waals surface area contributed by atoms with E-state index in [-0.39, 0.29) is 11.9 Å². The first-order valence-corrected chi connectivity index (χ1v) is 9.06. The lowest BCUT2D eigenvalue weighted by atomic mass is 9.87. The molecule has 2 aromatic rings. The Hall–Kier alpha value is -2.04. The Bertz CT molecular complexity index is 768. The smallest absolute Gasteiger partial charge is 0.410 e. The predicted molar refractivity (Wildman–Crippen MR) is 97.4 cm³/mol. The minimum Gasteiger partial charge on any atom is -0.444 e. The summed E-state index contributed by atoms with van der Waals surface area (Å²) in [7, 11) is 0. The molecule has 0 saturated carbocycles. The maximum Gasteiger partial charge on any atom is 0.410 e. The Morgan fingerprint density at radius 2 is 2.00 bits per heavy atom. The summed E-state index contributed by atoms with van der Waals surface area (Å²) >= 11 is 0. The van der Waals surface area contributed by atoms with E-state index in [1.165, 1.54) is 17.3 Å². The van der Waals surface area contributed by atoms with Crippen molar-refractivity contribution in [3.05, 3.63) is 35.3 Å². The van der Waals surface area contributed by atoms with Gasteiger partial charge in [-0.25, -0.2) is 9.18 Å². The highest BCUT2D eigenvalue weighted by Gasteiger charge is 2.29. The molecule has 0 atom stereocenters. The Morgan fingerprint density at radius 3 is 2.60 bits per heavy atom. The van der Waals surface area contributed by atoms with Crippen LogP contribution in [-0.4, -0.2) is 34.7 Å². The van der Waals surface area contributed by atoms with Gasteiger partial charge in [-0.1, -0.05) is 6.92 Å². The Morgan fingerprint density at radius 1 is 1.32 bits per heavy atom. The van der Waals surface area contributed by atoms with Crippen LogP contribution in [0.5, 0.6) is 0 Å². The molecule has 1 fully saturated rings. The average molecular weight is 346 g/mol. The van der Waals surface area contributed by atoms with Gasteiger partial charge >= 0.3 is 6.09 Å². The van der Waals surface area contributed by atoms with Gasteiger partial charge in [-0.15, -0.1) is 0 Å². The Kier molecular flexibility index (Phi) is 4.76. The summed E-state index contributed by atoms with van der Waals surface area (Å²) in [5.41, 5.74) is 2.86. The van der Waals surface area contributed by atoms with Crippen molar-refractivity contribution in [3.63, 3.8) is 0 Å². The van der Waals surface area contributed by atoms with Crippen LogP contribution in [0.25, 0.3) is 10.9 Å². The van der Waals surface area contributed by atoms with Crippen LogP contribution in [-0.2, 0) is 11.2 Å². The second-order valence-corrected chi connectivity index (χ2v) is 7.80. The summed E-state index contributed by atoms with van der Waals surface area (Å²) in [6.45, 7) is 9.15. The van der Waals surface area contributed by atoms with E-state index >= 15 is 0 Å². The first-order valence-electron chi connectivity index (χ1n) is 9.06. The average Bonchev–Trinajstić information content (AvgIpc) is 2.91. The van der Waals surface area contributed by atoms with E-state index in [0.717, 1.165) is 30.2 Å². The van der Waals surface area contributed by atoms with E-state index in [4.69, 9.17) is 4.74 Å². The lowest BCUT2D eigenvalue weighted by Gasteiger charge is -2.33. The van der Waals surface area contributed by atoms with Crippen molar-refractivity contribution in [2.24, 2.45) is 0 Å². The topological polar surface area (TPSA) is 45.3 Å². The van der Waals surface area contributed by atoms with Gasteiger partial charge in [-0.2, -0.15) is 0 Å². The number of carbonyl (C=O) groups excluding carboxylic acids is 1. The van der Waals surface area contributed by atoms with Gasteiger partial charge in [0.25, 0.3) is 0 Å². The van der Waals surface area contributed by atoms with E-state index in [1.807, 2.05) is 26.8 Å². The van der Waals surface area contributed by atoms with Crippen molar-refractivity contribution < 1.29 is 13.9 Å². The molecule has 0 aliphatic carbocycles. The molecule has 1 N–H and O–H groups in total. The number of H-pyrrole nitrogens is 1. The number of aromatic amines is 1. The number of benzene rings is 1. The molecule has 4 nitrogen and oxygen atoms in total. The molecular formula is C20H27FN2O2. The number of ether oxygens (including phenoxy) is 1. The number of halogens is 1. The van der Waals surface area contributed by atoms with Crippen LogP contribution in [0.4, 0.5) is 9.18 Å². The summed E-state index contributed by atoms with van der Waals surface area (Å²) < 4.78 is 19.0. The fraction of sp³-hybridized carbons (Fsp3) is 0.550. The Labute approximate surface area is 148 Å². The molecule has 1 aromatic heterocycles. The maximum atomic E-state index is 13.5. The molecule has 1 saturated heterocycles. The third-order valence-electron chi connectivity index (χ3n) is 4.79.